The van der Waals surface area contributed by atoms with Crippen molar-refractivity contribution >= 4 is 28.1 Å². The van der Waals surface area contributed by atoms with E-state index in [1.807, 2.05) is 42.5 Å². The van der Waals surface area contributed by atoms with Crippen molar-refractivity contribution in [3.63, 3.8) is 0 Å². The number of hydrogen-bond donors (Lipinski definition) is 0. The zero-order chi connectivity index (χ0) is 17.6. The van der Waals surface area contributed by atoms with Crippen molar-refractivity contribution in [3.05, 3.63) is 100 Å². The first-order chi connectivity index (χ1) is 12.2. The van der Waals surface area contributed by atoms with Crippen LogP contribution in [-0.2, 0) is 0 Å². The average molecular weight is 326 g/mol. The Morgan fingerprint density at radius 1 is 1.00 bits per heavy atom. The Morgan fingerprint density at radius 3 is 2.48 bits per heavy atom. The van der Waals surface area contributed by atoms with Gasteiger partial charge in [0, 0.05) is 6.07 Å². The molecule has 0 saturated heterocycles. The molecule has 0 amide bonds. The van der Waals surface area contributed by atoms with Gasteiger partial charge < -0.3 is 0 Å². The molecule has 4 heteroatoms. The second-order valence-corrected chi connectivity index (χ2v) is 5.43. The maximum Gasteiger partial charge on any atom is 0.276 e. The first-order valence-corrected chi connectivity index (χ1v) is 7.70. The third-order valence-corrected chi connectivity index (χ3v) is 3.85. The van der Waals surface area contributed by atoms with E-state index in [4.69, 9.17) is 0 Å². The lowest BCUT2D eigenvalue weighted by molar-refractivity contribution is -0.385. The summed E-state index contributed by atoms with van der Waals surface area (Å²) in [5, 5.41) is 22.6. The molecule has 0 radical (unpaired) electrons. The van der Waals surface area contributed by atoms with Crippen LogP contribution in [0.4, 0.5) is 5.69 Å². The van der Waals surface area contributed by atoms with E-state index in [-0.39, 0.29) is 5.69 Å². The first kappa shape index (κ1) is 16.2. The van der Waals surface area contributed by atoms with Gasteiger partial charge in [-0.2, -0.15) is 5.26 Å². The number of rotatable bonds is 4. The third-order valence-electron chi connectivity index (χ3n) is 3.85. The highest BCUT2D eigenvalue weighted by molar-refractivity contribution is 5.89. The van der Waals surface area contributed by atoms with Crippen LogP contribution in [0, 0.1) is 21.4 Å². The molecule has 3 aromatic carbocycles. The summed E-state index contributed by atoms with van der Waals surface area (Å²) in [4.78, 5) is 10.6. The van der Waals surface area contributed by atoms with E-state index >= 15 is 0 Å². The number of nitriles is 1. The standard InChI is InChI=1S/C21H14N2O2/c22-15-20(19-13-12-16-6-1-2-8-18(16)14-19)10-5-9-17-7-3-4-11-21(17)23(24)25/h1-14H. The summed E-state index contributed by atoms with van der Waals surface area (Å²) >= 11 is 0. The van der Waals surface area contributed by atoms with Gasteiger partial charge in [0.2, 0.25) is 0 Å². The number of fused-ring (bicyclic) bond motifs is 1. The highest BCUT2D eigenvalue weighted by atomic mass is 16.6. The van der Waals surface area contributed by atoms with Gasteiger partial charge in [0.05, 0.1) is 22.1 Å². The van der Waals surface area contributed by atoms with Crippen molar-refractivity contribution < 1.29 is 4.92 Å². The van der Waals surface area contributed by atoms with Crippen molar-refractivity contribution in [3.8, 4) is 6.07 Å². The van der Waals surface area contributed by atoms with Gasteiger partial charge in [-0.25, -0.2) is 0 Å². The predicted octanol–water partition coefficient (Wildman–Crippen LogP) is 5.37. The van der Waals surface area contributed by atoms with E-state index in [0.717, 1.165) is 16.3 Å². The molecule has 120 valence electrons. The lowest BCUT2D eigenvalue weighted by atomic mass is 10.0. The van der Waals surface area contributed by atoms with Crippen LogP contribution >= 0.6 is 0 Å². The molecule has 0 aliphatic rings. The zero-order valence-electron chi connectivity index (χ0n) is 13.3. The molecule has 3 rings (SSSR count). The molecule has 0 fully saturated rings. The molecular formula is C21H14N2O2. The minimum Gasteiger partial charge on any atom is -0.258 e. The zero-order valence-corrected chi connectivity index (χ0v) is 13.3. The maximum absolute atomic E-state index is 11.0. The van der Waals surface area contributed by atoms with E-state index in [2.05, 4.69) is 6.07 Å². The topological polar surface area (TPSA) is 66.9 Å². The molecule has 0 saturated carbocycles. The second kappa shape index (κ2) is 7.24. The molecule has 0 aromatic heterocycles. The number of allylic oxidation sites excluding steroid dienone is 3. The summed E-state index contributed by atoms with van der Waals surface area (Å²) in [7, 11) is 0. The van der Waals surface area contributed by atoms with Crippen LogP contribution in [-0.4, -0.2) is 4.92 Å². The second-order valence-electron chi connectivity index (χ2n) is 5.43. The van der Waals surface area contributed by atoms with E-state index < -0.39 is 4.92 Å². The highest BCUT2D eigenvalue weighted by Crippen LogP contribution is 2.22. The summed E-state index contributed by atoms with van der Waals surface area (Å²) in [5.74, 6) is 0. The first-order valence-electron chi connectivity index (χ1n) is 7.70. The number of hydrogen-bond acceptors (Lipinski definition) is 3. The lowest BCUT2D eigenvalue weighted by Crippen LogP contribution is -1.90. The minimum atomic E-state index is -0.419. The number of para-hydroxylation sites is 1. The molecule has 0 N–H and O–H groups in total. The monoisotopic (exact) mass is 326 g/mol. The Bertz CT molecular complexity index is 1040. The van der Waals surface area contributed by atoms with Gasteiger partial charge in [0.15, 0.2) is 0 Å². The van der Waals surface area contributed by atoms with Crippen molar-refractivity contribution in [1.82, 2.24) is 0 Å². The van der Waals surface area contributed by atoms with Crippen molar-refractivity contribution in [2.45, 2.75) is 0 Å². The molecule has 3 aromatic rings. The maximum atomic E-state index is 11.0. The van der Waals surface area contributed by atoms with Crippen LogP contribution in [0.15, 0.2) is 78.9 Å². The number of nitrogens with zero attached hydrogens (tertiary/aromatic N) is 2. The van der Waals surface area contributed by atoms with Gasteiger partial charge in [-0.3, -0.25) is 10.1 Å². The fourth-order valence-electron chi connectivity index (χ4n) is 2.60. The largest absolute Gasteiger partial charge is 0.276 e. The molecular weight excluding hydrogens is 312 g/mol. The fourth-order valence-corrected chi connectivity index (χ4v) is 2.60. The van der Waals surface area contributed by atoms with Gasteiger partial charge in [0.25, 0.3) is 5.69 Å². The van der Waals surface area contributed by atoms with E-state index in [1.54, 1.807) is 36.4 Å². The fraction of sp³-hybridized carbons (Fsp3) is 0. The molecule has 0 atom stereocenters. The third kappa shape index (κ3) is 3.62. The lowest BCUT2D eigenvalue weighted by Gasteiger charge is -2.02. The van der Waals surface area contributed by atoms with Crippen LogP contribution in [0.25, 0.3) is 22.4 Å². The molecule has 0 bridgehead atoms. The van der Waals surface area contributed by atoms with E-state index in [1.165, 1.54) is 6.07 Å². The van der Waals surface area contributed by atoms with Gasteiger partial charge in [-0.1, -0.05) is 54.6 Å². The number of benzene rings is 3. The Morgan fingerprint density at radius 2 is 1.72 bits per heavy atom. The van der Waals surface area contributed by atoms with Crippen LogP contribution in [0.3, 0.4) is 0 Å². The van der Waals surface area contributed by atoms with E-state index in [0.29, 0.717) is 11.1 Å². The van der Waals surface area contributed by atoms with Gasteiger partial charge in [0.1, 0.15) is 0 Å². The van der Waals surface area contributed by atoms with Crippen LogP contribution in [0.2, 0.25) is 0 Å². The number of nitro benzene ring substituents is 1. The Labute approximate surface area is 145 Å². The molecule has 4 nitrogen and oxygen atoms in total. The smallest absolute Gasteiger partial charge is 0.258 e. The summed E-state index contributed by atoms with van der Waals surface area (Å²) in [5.41, 5.74) is 1.85. The molecule has 0 unspecified atom stereocenters. The number of nitro groups is 1. The Hall–Kier alpha value is -3.71. The van der Waals surface area contributed by atoms with Crippen LogP contribution in [0.5, 0.6) is 0 Å². The Balaban J connectivity index is 1.93. The normalized spacial score (nSPS) is 11.6. The van der Waals surface area contributed by atoms with Gasteiger partial charge in [-0.05, 0) is 40.6 Å². The quantitative estimate of drug-likeness (QED) is 0.280. The molecule has 0 heterocycles. The Kier molecular flexibility index (Phi) is 4.68. The summed E-state index contributed by atoms with van der Waals surface area (Å²) in [6.07, 6.45) is 4.97. The molecule has 25 heavy (non-hydrogen) atoms. The van der Waals surface area contributed by atoms with Crippen molar-refractivity contribution in [2.24, 2.45) is 0 Å². The van der Waals surface area contributed by atoms with Gasteiger partial charge >= 0.3 is 0 Å². The molecule has 0 aliphatic heterocycles. The predicted molar refractivity (Wildman–Crippen MR) is 99.7 cm³/mol. The molecule has 0 aliphatic carbocycles. The highest BCUT2D eigenvalue weighted by Gasteiger charge is 2.08. The average Bonchev–Trinajstić information content (AvgIpc) is 2.65. The van der Waals surface area contributed by atoms with Crippen molar-refractivity contribution in [1.29, 1.82) is 5.26 Å². The van der Waals surface area contributed by atoms with Crippen LogP contribution in [0.1, 0.15) is 11.1 Å². The summed E-state index contributed by atoms with van der Waals surface area (Å²) in [6, 6.07) is 22.5. The summed E-state index contributed by atoms with van der Waals surface area (Å²) in [6.45, 7) is 0. The SMILES string of the molecule is N#CC(=CC=Cc1ccccc1[N+](=O)[O-])c1ccc2ccccc2c1. The summed E-state index contributed by atoms with van der Waals surface area (Å²) < 4.78 is 0. The van der Waals surface area contributed by atoms with Crippen molar-refractivity contribution in [2.75, 3.05) is 0 Å². The molecule has 0 spiro atoms. The van der Waals surface area contributed by atoms with Crippen LogP contribution < -0.4 is 0 Å². The van der Waals surface area contributed by atoms with E-state index in [9.17, 15) is 15.4 Å². The van der Waals surface area contributed by atoms with Gasteiger partial charge in [-0.15, -0.1) is 0 Å². The minimum absolute atomic E-state index is 0.0383.